The lowest BCUT2D eigenvalue weighted by Gasteiger charge is -2.28. The molecular formula is C13H17Cl2FO. The van der Waals surface area contributed by atoms with Crippen LogP contribution in [0, 0.1) is 11.2 Å². The zero-order chi connectivity index (χ0) is 12.9. The highest BCUT2D eigenvalue weighted by Gasteiger charge is 2.26. The first-order valence-electron chi connectivity index (χ1n) is 5.55. The monoisotopic (exact) mass is 278 g/mol. The molecule has 4 heteroatoms. The number of hydrogen-bond donors (Lipinski definition) is 0. The number of ether oxygens (including phenoxy) is 1. The maximum absolute atomic E-state index is 13.5. The fraction of sp³-hybridized carbons (Fsp3) is 0.538. The Morgan fingerprint density at radius 2 is 1.94 bits per heavy atom. The van der Waals surface area contributed by atoms with Gasteiger partial charge in [-0.05, 0) is 30.5 Å². The van der Waals surface area contributed by atoms with Gasteiger partial charge in [-0.3, -0.25) is 0 Å². The smallest absolute Gasteiger partial charge is 0.165 e. The summed E-state index contributed by atoms with van der Waals surface area (Å²) in [6.45, 7) is 2.05. The zero-order valence-electron chi connectivity index (χ0n) is 10.1. The molecule has 0 aliphatic heterocycles. The third-order valence-electron chi connectivity index (χ3n) is 3.11. The molecule has 1 aromatic carbocycles. The Labute approximate surface area is 112 Å². The highest BCUT2D eigenvalue weighted by atomic mass is 35.5. The van der Waals surface area contributed by atoms with Crippen LogP contribution < -0.4 is 4.74 Å². The van der Waals surface area contributed by atoms with Gasteiger partial charge in [0.15, 0.2) is 11.6 Å². The molecule has 0 aliphatic carbocycles. The van der Waals surface area contributed by atoms with Gasteiger partial charge in [0.1, 0.15) is 0 Å². The van der Waals surface area contributed by atoms with E-state index < -0.39 is 0 Å². The van der Waals surface area contributed by atoms with Crippen molar-refractivity contribution in [1.29, 1.82) is 0 Å². The van der Waals surface area contributed by atoms with Crippen LogP contribution >= 0.6 is 23.2 Å². The van der Waals surface area contributed by atoms with E-state index in [9.17, 15) is 4.39 Å². The van der Waals surface area contributed by atoms with Gasteiger partial charge in [0.2, 0.25) is 0 Å². The molecule has 0 radical (unpaired) electrons. The third kappa shape index (κ3) is 3.49. The molecule has 17 heavy (non-hydrogen) atoms. The summed E-state index contributed by atoms with van der Waals surface area (Å²) < 4.78 is 18.4. The molecule has 96 valence electrons. The van der Waals surface area contributed by atoms with E-state index >= 15 is 0 Å². The molecule has 0 aromatic heterocycles. The van der Waals surface area contributed by atoms with Gasteiger partial charge in [-0.1, -0.05) is 13.0 Å². The Balaban J connectivity index is 2.90. The van der Waals surface area contributed by atoms with E-state index in [4.69, 9.17) is 27.9 Å². The average molecular weight is 279 g/mol. The van der Waals surface area contributed by atoms with Crippen LogP contribution in [-0.4, -0.2) is 18.9 Å². The Kier molecular flexibility index (Phi) is 5.54. The van der Waals surface area contributed by atoms with Crippen molar-refractivity contribution in [3.05, 3.63) is 29.6 Å². The van der Waals surface area contributed by atoms with Gasteiger partial charge in [-0.25, -0.2) is 4.39 Å². The molecule has 0 fully saturated rings. The summed E-state index contributed by atoms with van der Waals surface area (Å²) in [7, 11) is 1.45. The molecule has 1 nitrogen and oxygen atoms in total. The topological polar surface area (TPSA) is 9.23 Å². The van der Waals surface area contributed by atoms with Crippen molar-refractivity contribution in [2.75, 3.05) is 18.9 Å². The summed E-state index contributed by atoms with van der Waals surface area (Å²) in [6.07, 6.45) is 1.55. The summed E-state index contributed by atoms with van der Waals surface area (Å²) in [5, 5.41) is 0. The van der Waals surface area contributed by atoms with Crippen LogP contribution in [0.2, 0.25) is 0 Å². The fourth-order valence-corrected chi connectivity index (χ4v) is 2.55. The van der Waals surface area contributed by atoms with Crippen molar-refractivity contribution in [3.8, 4) is 5.75 Å². The highest BCUT2D eigenvalue weighted by Crippen LogP contribution is 2.31. The summed E-state index contributed by atoms with van der Waals surface area (Å²) >= 11 is 11.9. The minimum atomic E-state index is -0.348. The first-order chi connectivity index (χ1) is 8.10. The normalized spacial score (nSPS) is 11.6. The molecule has 0 amide bonds. The molecule has 0 spiro atoms. The van der Waals surface area contributed by atoms with Gasteiger partial charge >= 0.3 is 0 Å². The third-order valence-corrected chi connectivity index (χ3v) is 4.25. The molecule has 1 rings (SSSR count). The van der Waals surface area contributed by atoms with Crippen LogP contribution in [0.4, 0.5) is 4.39 Å². The largest absolute Gasteiger partial charge is 0.494 e. The summed E-state index contributed by atoms with van der Waals surface area (Å²) in [4.78, 5) is 0. The van der Waals surface area contributed by atoms with E-state index in [0.717, 1.165) is 12.0 Å². The Morgan fingerprint density at radius 3 is 2.35 bits per heavy atom. The second kappa shape index (κ2) is 6.46. The Bertz CT molecular complexity index is 356. The van der Waals surface area contributed by atoms with Gasteiger partial charge in [-0.2, -0.15) is 0 Å². The molecule has 0 aliphatic rings. The number of rotatable bonds is 6. The van der Waals surface area contributed by atoms with Gasteiger partial charge in [0.25, 0.3) is 0 Å². The van der Waals surface area contributed by atoms with Crippen molar-refractivity contribution in [2.24, 2.45) is 5.41 Å². The van der Waals surface area contributed by atoms with E-state index in [0.29, 0.717) is 18.2 Å². The number of benzene rings is 1. The summed E-state index contributed by atoms with van der Waals surface area (Å²) in [5.74, 6) is 0.855. The molecule has 0 saturated carbocycles. The van der Waals surface area contributed by atoms with E-state index in [-0.39, 0.29) is 17.0 Å². The highest BCUT2D eigenvalue weighted by molar-refractivity contribution is 6.21. The predicted molar refractivity (Wildman–Crippen MR) is 70.8 cm³/mol. The first-order valence-corrected chi connectivity index (χ1v) is 6.62. The number of alkyl halides is 2. The zero-order valence-corrected chi connectivity index (χ0v) is 11.6. The number of hydrogen-bond acceptors (Lipinski definition) is 1. The van der Waals surface area contributed by atoms with Crippen LogP contribution in [-0.2, 0) is 6.42 Å². The number of halogens is 3. The Morgan fingerprint density at radius 1 is 1.29 bits per heavy atom. The SMILES string of the molecule is CCC(CCl)(CCl)Cc1ccc(OC)c(F)c1. The van der Waals surface area contributed by atoms with E-state index in [2.05, 4.69) is 0 Å². The first kappa shape index (κ1) is 14.6. The molecule has 0 unspecified atom stereocenters. The standard InChI is InChI=1S/C13H17Cl2FO/c1-3-13(8-14,9-15)7-10-4-5-12(17-2)11(16)6-10/h4-6H,3,7-9H2,1-2H3. The minimum Gasteiger partial charge on any atom is -0.494 e. The molecule has 0 saturated heterocycles. The second-order valence-corrected chi connectivity index (χ2v) is 4.80. The molecule has 0 N–H and O–H groups in total. The number of methoxy groups -OCH3 is 1. The van der Waals surface area contributed by atoms with E-state index in [1.165, 1.54) is 13.2 Å². The molecular weight excluding hydrogens is 262 g/mol. The molecule has 0 heterocycles. The molecule has 0 bridgehead atoms. The molecule has 0 atom stereocenters. The van der Waals surface area contributed by atoms with Crippen LogP contribution in [0.1, 0.15) is 18.9 Å². The van der Waals surface area contributed by atoms with Gasteiger partial charge in [0, 0.05) is 17.2 Å². The van der Waals surface area contributed by atoms with Crippen molar-refractivity contribution in [1.82, 2.24) is 0 Å². The summed E-state index contributed by atoms with van der Waals surface area (Å²) in [6, 6.07) is 4.97. The van der Waals surface area contributed by atoms with Crippen molar-refractivity contribution >= 4 is 23.2 Å². The van der Waals surface area contributed by atoms with Crippen molar-refractivity contribution < 1.29 is 9.13 Å². The van der Waals surface area contributed by atoms with Crippen LogP contribution in [0.25, 0.3) is 0 Å². The lowest BCUT2D eigenvalue weighted by molar-refractivity contribution is 0.359. The van der Waals surface area contributed by atoms with Crippen LogP contribution in [0.3, 0.4) is 0 Å². The minimum absolute atomic E-state index is 0.163. The Hall–Kier alpha value is -0.470. The second-order valence-electron chi connectivity index (χ2n) is 4.27. The van der Waals surface area contributed by atoms with Crippen LogP contribution in [0.15, 0.2) is 18.2 Å². The maximum Gasteiger partial charge on any atom is 0.165 e. The maximum atomic E-state index is 13.5. The lowest BCUT2D eigenvalue weighted by atomic mass is 9.83. The summed E-state index contributed by atoms with van der Waals surface area (Å²) in [5.41, 5.74) is 0.732. The van der Waals surface area contributed by atoms with Crippen molar-refractivity contribution in [3.63, 3.8) is 0 Å². The van der Waals surface area contributed by atoms with Gasteiger partial charge < -0.3 is 4.74 Å². The van der Waals surface area contributed by atoms with Crippen molar-refractivity contribution in [2.45, 2.75) is 19.8 Å². The predicted octanol–water partition coefficient (Wildman–Crippen LogP) is 4.25. The quantitative estimate of drug-likeness (QED) is 0.707. The van der Waals surface area contributed by atoms with E-state index in [1.54, 1.807) is 6.07 Å². The van der Waals surface area contributed by atoms with Gasteiger partial charge in [0.05, 0.1) is 7.11 Å². The average Bonchev–Trinajstić information content (AvgIpc) is 2.36. The van der Waals surface area contributed by atoms with Gasteiger partial charge in [-0.15, -0.1) is 23.2 Å². The van der Waals surface area contributed by atoms with E-state index in [1.807, 2.05) is 13.0 Å². The van der Waals surface area contributed by atoms with Crippen LogP contribution in [0.5, 0.6) is 5.75 Å². The molecule has 1 aromatic rings. The fourth-order valence-electron chi connectivity index (χ4n) is 1.70. The lowest BCUT2D eigenvalue weighted by Crippen LogP contribution is -2.27.